The number of fused-ring (bicyclic) bond motifs is 1. The molecule has 0 saturated carbocycles. The Balaban J connectivity index is 2.31. The van der Waals surface area contributed by atoms with Crippen LogP contribution in [0.3, 0.4) is 0 Å². The summed E-state index contributed by atoms with van der Waals surface area (Å²) in [5.74, 6) is 1.12. The molecule has 0 N–H and O–H groups in total. The van der Waals surface area contributed by atoms with Crippen LogP contribution in [0.5, 0.6) is 0 Å². The van der Waals surface area contributed by atoms with E-state index in [1.807, 2.05) is 35.8 Å². The molecule has 1 aromatic carbocycles. The van der Waals surface area contributed by atoms with Crippen molar-refractivity contribution >= 4 is 34.2 Å². The van der Waals surface area contributed by atoms with Crippen LogP contribution in [0.1, 0.15) is 11.4 Å². The molecule has 5 heteroatoms. The van der Waals surface area contributed by atoms with Crippen molar-refractivity contribution in [3.63, 3.8) is 0 Å². The quantitative estimate of drug-likeness (QED) is 0.665. The number of halogens is 2. The Morgan fingerprint density at radius 1 is 1.26 bits per heavy atom. The lowest BCUT2D eigenvalue weighted by Gasteiger charge is -2.09. The third-order valence-electron chi connectivity index (χ3n) is 3.06. The van der Waals surface area contributed by atoms with Crippen molar-refractivity contribution in [3.05, 3.63) is 53.1 Å². The predicted molar refractivity (Wildman–Crippen MR) is 78.2 cm³/mol. The van der Waals surface area contributed by atoms with Gasteiger partial charge in [-0.1, -0.05) is 17.7 Å². The van der Waals surface area contributed by atoms with E-state index < -0.39 is 0 Å². The van der Waals surface area contributed by atoms with Crippen LogP contribution >= 0.6 is 23.2 Å². The molecule has 2 aromatic heterocycles. The van der Waals surface area contributed by atoms with Crippen LogP contribution < -0.4 is 0 Å². The highest BCUT2D eigenvalue weighted by molar-refractivity contribution is 6.31. The second kappa shape index (κ2) is 4.83. The molecule has 0 fully saturated rings. The molecule has 0 bridgehead atoms. The summed E-state index contributed by atoms with van der Waals surface area (Å²) in [6.45, 7) is 1.98. The first kappa shape index (κ1) is 12.5. The number of hydrogen-bond donors (Lipinski definition) is 0. The number of aromatic nitrogens is 3. The molecular weight excluding hydrogens is 281 g/mol. The van der Waals surface area contributed by atoms with Crippen LogP contribution in [0, 0.1) is 6.92 Å². The van der Waals surface area contributed by atoms with Gasteiger partial charge in [-0.25, -0.2) is 4.98 Å². The van der Waals surface area contributed by atoms with Gasteiger partial charge in [-0.3, -0.25) is 9.55 Å². The van der Waals surface area contributed by atoms with Crippen molar-refractivity contribution < 1.29 is 0 Å². The van der Waals surface area contributed by atoms with Gasteiger partial charge in [0.25, 0.3) is 0 Å². The van der Waals surface area contributed by atoms with E-state index in [1.165, 1.54) is 0 Å². The number of pyridine rings is 1. The van der Waals surface area contributed by atoms with Gasteiger partial charge in [-0.05, 0) is 30.7 Å². The average Bonchev–Trinajstić information content (AvgIpc) is 2.80. The van der Waals surface area contributed by atoms with Gasteiger partial charge in [0.15, 0.2) is 0 Å². The molecule has 0 aliphatic rings. The number of benzene rings is 1. The maximum atomic E-state index is 6.20. The number of nitrogens with zero attached hydrogens (tertiary/aromatic N) is 3. The molecule has 0 spiro atoms. The summed E-state index contributed by atoms with van der Waals surface area (Å²) < 4.78 is 2.01. The van der Waals surface area contributed by atoms with E-state index in [4.69, 9.17) is 23.2 Å². The van der Waals surface area contributed by atoms with Gasteiger partial charge < -0.3 is 0 Å². The lowest BCUT2D eigenvalue weighted by atomic mass is 10.2. The SMILES string of the molecule is Cc1ccc(-n2c(CCl)nc3cnccc32)cc1Cl. The Bertz CT molecular complexity index is 750. The summed E-state index contributed by atoms with van der Waals surface area (Å²) in [5.41, 5.74) is 3.81. The lowest BCUT2D eigenvalue weighted by Crippen LogP contribution is -1.99. The molecule has 19 heavy (non-hydrogen) atoms. The number of alkyl halides is 1. The van der Waals surface area contributed by atoms with Crippen molar-refractivity contribution in [2.45, 2.75) is 12.8 Å². The number of imidazole rings is 1. The van der Waals surface area contributed by atoms with Crippen LogP contribution in [0.25, 0.3) is 16.7 Å². The zero-order valence-corrected chi connectivity index (χ0v) is 11.8. The summed E-state index contributed by atoms with van der Waals surface area (Å²) >= 11 is 12.2. The fraction of sp³-hybridized carbons (Fsp3) is 0.143. The molecule has 3 nitrogen and oxygen atoms in total. The molecule has 0 aliphatic heterocycles. The fourth-order valence-electron chi connectivity index (χ4n) is 2.08. The van der Waals surface area contributed by atoms with Crippen LogP contribution in [0.2, 0.25) is 5.02 Å². The van der Waals surface area contributed by atoms with E-state index in [0.717, 1.165) is 33.1 Å². The fourth-order valence-corrected chi connectivity index (χ4v) is 2.43. The van der Waals surface area contributed by atoms with Gasteiger partial charge in [0.1, 0.15) is 11.3 Å². The molecule has 0 atom stereocenters. The summed E-state index contributed by atoms with van der Waals surface area (Å²) in [6.07, 6.45) is 3.48. The van der Waals surface area contributed by atoms with Crippen molar-refractivity contribution in [1.82, 2.24) is 14.5 Å². The van der Waals surface area contributed by atoms with Crippen molar-refractivity contribution in [3.8, 4) is 5.69 Å². The molecule has 0 unspecified atom stereocenters. The van der Waals surface area contributed by atoms with Crippen LogP contribution in [0.15, 0.2) is 36.7 Å². The standard InChI is InChI=1S/C14H11Cl2N3/c1-9-2-3-10(6-11(9)16)19-13-4-5-17-8-12(13)18-14(19)7-15/h2-6,8H,7H2,1H3. The maximum absolute atomic E-state index is 6.20. The lowest BCUT2D eigenvalue weighted by molar-refractivity contribution is 0.981. The number of hydrogen-bond acceptors (Lipinski definition) is 2. The topological polar surface area (TPSA) is 30.7 Å². The smallest absolute Gasteiger partial charge is 0.129 e. The second-order valence-corrected chi connectivity index (χ2v) is 4.97. The van der Waals surface area contributed by atoms with Gasteiger partial charge in [0, 0.05) is 16.9 Å². The minimum absolute atomic E-state index is 0.334. The predicted octanol–water partition coefficient (Wildman–Crippen LogP) is 4.12. The Morgan fingerprint density at radius 3 is 2.84 bits per heavy atom. The molecule has 0 amide bonds. The number of aryl methyl sites for hydroxylation is 1. The first-order valence-corrected chi connectivity index (χ1v) is 6.76. The third-order valence-corrected chi connectivity index (χ3v) is 3.71. The highest BCUT2D eigenvalue weighted by Crippen LogP contribution is 2.25. The van der Waals surface area contributed by atoms with E-state index in [0.29, 0.717) is 5.88 Å². The van der Waals surface area contributed by atoms with Crippen molar-refractivity contribution in [1.29, 1.82) is 0 Å². The maximum Gasteiger partial charge on any atom is 0.129 e. The molecule has 96 valence electrons. The highest BCUT2D eigenvalue weighted by atomic mass is 35.5. The van der Waals surface area contributed by atoms with Crippen LogP contribution in [-0.4, -0.2) is 14.5 Å². The highest BCUT2D eigenvalue weighted by Gasteiger charge is 2.12. The normalized spacial score (nSPS) is 11.1. The van der Waals surface area contributed by atoms with Gasteiger partial charge in [0.2, 0.25) is 0 Å². The summed E-state index contributed by atoms with van der Waals surface area (Å²) in [4.78, 5) is 8.57. The minimum Gasteiger partial charge on any atom is -0.295 e. The molecule has 0 saturated heterocycles. The molecule has 0 radical (unpaired) electrons. The molecule has 2 heterocycles. The van der Waals surface area contributed by atoms with Gasteiger partial charge in [-0.15, -0.1) is 11.6 Å². The second-order valence-electron chi connectivity index (χ2n) is 4.29. The van der Waals surface area contributed by atoms with Crippen molar-refractivity contribution in [2.24, 2.45) is 0 Å². The molecule has 3 aromatic rings. The van der Waals surface area contributed by atoms with Gasteiger partial charge in [-0.2, -0.15) is 0 Å². The first-order valence-electron chi connectivity index (χ1n) is 5.84. The Hall–Kier alpha value is -1.58. The Labute approximate surface area is 120 Å². The van der Waals surface area contributed by atoms with Crippen molar-refractivity contribution in [2.75, 3.05) is 0 Å². The van der Waals surface area contributed by atoms with E-state index in [9.17, 15) is 0 Å². The molecule has 0 aliphatic carbocycles. The molecule has 3 rings (SSSR count). The summed E-state index contributed by atoms with van der Waals surface area (Å²) in [7, 11) is 0. The van der Waals surface area contributed by atoms with Gasteiger partial charge >= 0.3 is 0 Å². The monoisotopic (exact) mass is 291 g/mol. The Morgan fingerprint density at radius 2 is 2.11 bits per heavy atom. The van der Waals surface area contributed by atoms with Crippen LogP contribution in [0.4, 0.5) is 0 Å². The Kier molecular flexibility index (Phi) is 3.17. The largest absolute Gasteiger partial charge is 0.295 e. The van der Waals surface area contributed by atoms with E-state index in [1.54, 1.807) is 12.4 Å². The summed E-state index contributed by atoms with van der Waals surface area (Å²) in [6, 6.07) is 7.85. The summed E-state index contributed by atoms with van der Waals surface area (Å²) in [5, 5.41) is 0.730. The van der Waals surface area contributed by atoms with E-state index >= 15 is 0 Å². The van der Waals surface area contributed by atoms with E-state index in [-0.39, 0.29) is 0 Å². The zero-order chi connectivity index (χ0) is 13.4. The minimum atomic E-state index is 0.334. The van der Waals surface area contributed by atoms with E-state index in [2.05, 4.69) is 9.97 Å². The number of rotatable bonds is 2. The molecular formula is C14H11Cl2N3. The average molecular weight is 292 g/mol. The van der Waals surface area contributed by atoms with Gasteiger partial charge in [0.05, 0.1) is 17.6 Å². The zero-order valence-electron chi connectivity index (χ0n) is 10.3. The third kappa shape index (κ3) is 2.09. The van der Waals surface area contributed by atoms with Crippen LogP contribution in [-0.2, 0) is 5.88 Å². The first-order chi connectivity index (χ1) is 9.20.